The molecule has 7 heteroatoms. The molecule has 1 saturated heterocycles. The first kappa shape index (κ1) is 21.2. The Morgan fingerprint density at radius 1 is 1.30 bits per heavy atom. The summed E-state index contributed by atoms with van der Waals surface area (Å²) in [5.74, 6) is 0.553. The number of hydrogen-bond donors (Lipinski definition) is 3. The van der Waals surface area contributed by atoms with Gasteiger partial charge in [-0.25, -0.2) is 9.38 Å². The van der Waals surface area contributed by atoms with Crippen molar-refractivity contribution in [3.05, 3.63) is 35.1 Å². The molecule has 27 heavy (non-hydrogen) atoms. The van der Waals surface area contributed by atoms with E-state index in [2.05, 4.69) is 15.6 Å². The van der Waals surface area contributed by atoms with Crippen molar-refractivity contribution in [1.82, 2.24) is 15.5 Å². The Morgan fingerprint density at radius 2 is 2.15 bits per heavy atom. The average Bonchev–Trinajstić information content (AvgIpc) is 2.88. The third-order valence-corrected chi connectivity index (χ3v) is 4.61. The highest BCUT2D eigenvalue weighted by Crippen LogP contribution is 2.12. The van der Waals surface area contributed by atoms with Gasteiger partial charge in [-0.3, -0.25) is 4.79 Å². The van der Waals surface area contributed by atoms with Gasteiger partial charge in [-0.1, -0.05) is 12.5 Å². The summed E-state index contributed by atoms with van der Waals surface area (Å²) in [4.78, 5) is 18.5. The number of halogens is 1. The molecule has 0 radical (unpaired) electrons. The number of likely N-dealkylation sites (tertiary alicyclic amines) is 1. The zero-order chi connectivity index (χ0) is 19.5. The maximum absolute atomic E-state index is 13.5. The molecule has 1 aliphatic heterocycles. The van der Waals surface area contributed by atoms with Gasteiger partial charge in [-0.15, -0.1) is 0 Å². The van der Waals surface area contributed by atoms with Crippen LogP contribution in [0, 0.1) is 5.82 Å². The molecule has 0 bridgehead atoms. The maximum atomic E-state index is 13.5. The van der Waals surface area contributed by atoms with E-state index in [1.165, 1.54) is 6.07 Å². The Balaban J connectivity index is 1.81. The third-order valence-electron chi connectivity index (χ3n) is 4.61. The molecule has 1 fully saturated rings. The van der Waals surface area contributed by atoms with Gasteiger partial charge in [0.15, 0.2) is 5.96 Å². The number of rotatable bonds is 8. The summed E-state index contributed by atoms with van der Waals surface area (Å²) in [6, 6.07) is 4.66. The standard InChI is InChI=1S/C20H31FN4O2/c1-2-22-20(24-14-16-8-9-18(21)17(13-16)15-26)23-10-6-12-25-11-5-3-4-7-19(25)27/h8-9,13,26H,2-7,10-12,14-15H2,1H3,(H2,22,23,24). The first-order valence-corrected chi connectivity index (χ1v) is 9.82. The second kappa shape index (κ2) is 11.5. The van der Waals surface area contributed by atoms with E-state index in [4.69, 9.17) is 5.11 Å². The van der Waals surface area contributed by atoms with Crippen molar-refractivity contribution in [3.8, 4) is 0 Å². The van der Waals surface area contributed by atoms with E-state index in [0.717, 1.165) is 57.4 Å². The lowest BCUT2D eigenvalue weighted by atomic mass is 10.1. The molecule has 0 aromatic heterocycles. The van der Waals surface area contributed by atoms with Crippen LogP contribution in [0.15, 0.2) is 23.2 Å². The Bertz CT molecular complexity index is 636. The summed E-state index contributed by atoms with van der Waals surface area (Å²) in [5.41, 5.74) is 1.12. The molecule has 1 aromatic rings. The van der Waals surface area contributed by atoms with Crippen LogP contribution in [0.5, 0.6) is 0 Å². The topological polar surface area (TPSA) is 77.0 Å². The highest BCUT2D eigenvalue weighted by Gasteiger charge is 2.15. The molecular weight excluding hydrogens is 347 g/mol. The van der Waals surface area contributed by atoms with Gasteiger partial charge < -0.3 is 20.6 Å². The Morgan fingerprint density at radius 3 is 2.93 bits per heavy atom. The molecular formula is C20H31FN4O2. The fourth-order valence-electron chi connectivity index (χ4n) is 3.11. The Labute approximate surface area is 160 Å². The molecule has 1 aliphatic rings. The van der Waals surface area contributed by atoms with Crippen molar-refractivity contribution in [3.63, 3.8) is 0 Å². The minimum absolute atomic E-state index is 0.268. The van der Waals surface area contributed by atoms with Gasteiger partial charge >= 0.3 is 0 Å². The number of benzene rings is 1. The van der Waals surface area contributed by atoms with Crippen LogP contribution in [0.2, 0.25) is 0 Å². The number of amides is 1. The van der Waals surface area contributed by atoms with Crippen molar-refractivity contribution in [2.75, 3.05) is 26.2 Å². The van der Waals surface area contributed by atoms with E-state index < -0.39 is 5.82 Å². The average molecular weight is 378 g/mol. The van der Waals surface area contributed by atoms with Crippen molar-refractivity contribution in [2.24, 2.45) is 4.99 Å². The fourth-order valence-corrected chi connectivity index (χ4v) is 3.11. The van der Waals surface area contributed by atoms with Crippen LogP contribution >= 0.6 is 0 Å². The van der Waals surface area contributed by atoms with Crippen LogP contribution in [-0.4, -0.2) is 48.1 Å². The third kappa shape index (κ3) is 7.17. The summed E-state index contributed by atoms with van der Waals surface area (Å²) in [6.07, 6.45) is 4.77. The second-order valence-corrected chi connectivity index (χ2v) is 6.75. The van der Waals surface area contributed by atoms with Crippen molar-refractivity contribution in [1.29, 1.82) is 0 Å². The van der Waals surface area contributed by atoms with E-state index in [1.54, 1.807) is 12.1 Å². The minimum Gasteiger partial charge on any atom is -0.392 e. The molecule has 3 N–H and O–H groups in total. The van der Waals surface area contributed by atoms with Gasteiger partial charge in [0.1, 0.15) is 5.82 Å². The van der Waals surface area contributed by atoms with Crippen LogP contribution in [0.25, 0.3) is 0 Å². The number of aliphatic imine (C=N–C) groups is 1. The van der Waals surface area contributed by atoms with Gasteiger partial charge in [0.05, 0.1) is 13.2 Å². The van der Waals surface area contributed by atoms with Gasteiger partial charge in [-0.05, 0) is 43.9 Å². The van der Waals surface area contributed by atoms with Crippen LogP contribution in [0.3, 0.4) is 0 Å². The van der Waals surface area contributed by atoms with Crippen LogP contribution in [0.4, 0.5) is 4.39 Å². The van der Waals surface area contributed by atoms with Crippen molar-refractivity contribution < 1.29 is 14.3 Å². The van der Waals surface area contributed by atoms with Crippen molar-refractivity contribution in [2.45, 2.75) is 52.2 Å². The monoisotopic (exact) mass is 378 g/mol. The lowest BCUT2D eigenvalue weighted by molar-refractivity contribution is -0.130. The van der Waals surface area contributed by atoms with E-state index in [9.17, 15) is 9.18 Å². The summed E-state index contributed by atoms with van der Waals surface area (Å²) in [6.45, 7) is 5.16. The normalized spacial score (nSPS) is 15.6. The highest BCUT2D eigenvalue weighted by atomic mass is 19.1. The molecule has 0 atom stereocenters. The van der Waals surface area contributed by atoms with E-state index in [-0.39, 0.29) is 18.1 Å². The predicted octanol–water partition coefficient (Wildman–Crippen LogP) is 2.17. The van der Waals surface area contributed by atoms with Gasteiger partial charge in [0.25, 0.3) is 0 Å². The molecule has 1 amide bonds. The zero-order valence-electron chi connectivity index (χ0n) is 16.1. The number of carbonyl (C=O) groups is 1. The quantitative estimate of drug-likeness (QED) is 0.368. The van der Waals surface area contributed by atoms with E-state index in [0.29, 0.717) is 18.9 Å². The molecule has 6 nitrogen and oxygen atoms in total. The fraction of sp³-hybridized carbons (Fsp3) is 0.600. The van der Waals surface area contributed by atoms with Gasteiger partial charge in [-0.2, -0.15) is 0 Å². The number of aliphatic hydroxyl groups is 1. The number of guanidine groups is 1. The predicted molar refractivity (Wildman–Crippen MR) is 105 cm³/mol. The highest BCUT2D eigenvalue weighted by molar-refractivity contribution is 5.79. The Hall–Kier alpha value is -2.15. The lowest BCUT2D eigenvalue weighted by Gasteiger charge is -2.20. The van der Waals surface area contributed by atoms with Gasteiger partial charge in [0.2, 0.25) is 5.91 Å². The summed E-state index contributed by atoms with van der Waals surface area (Å²) >= 11 is 0. The molecule has 0 saturated carbocycles. The van der Waals surface area contributed by atoms with E-state index >= 15 is 0 Å². The minimum atomic E-state index is -0.404. The number of nitrogens with one attached hydrogen (secondary N) is 2. The smallest absolute Gasteiger partial charge is 0.222 e. The maximum Gasteiger partial charge on any atom is 0.222 e. The summed E-state index contributed by atoms with van der Waals surface area (Å²) < 4.78 is 13.5. The summed E-state index contributed by atoms with van der Waals surface area (Å²) in [5, 5.41) is 15.6. The van der Waals surface area contributed by atoms with Crippen LogP contribution in [0.1, 0.15) is 50.2 Å². The van der Waals surface area contributed by atoms with Crippen LogP contribution in [-0.2, 0) is 17.9 Å². The van der Waals surface area contributed by atoms with Crippen LogP contribution < -0.4 is 10.6 Å². The molecule has 0 aliphatic carbocycles. The molecule has 1 heterocycles. The number of aliphatic hydroxyl groups excluding tert-OH is 1. The lowest BCUT2D eigenvalue weighted by Crippen LogP contribution is -2.39. The first-order valence-electron chi connectivity index (χ1n) is 9.82. The molecule has 0 spiro atoms. The zero-order valence-corrected chi connectivity index (χ0v) is 16.1. The van der Waals surface area contributed by atoms with Gasteiger partial charge in [0, 0.05) is 38.2 Å². The molecule has 1 aromatic carbocycles. The molecule has 150 valence electrons. The molecule has 0 unspecified atom stereocenters. The SMILES string of the molecule is CCNC(=NCc1ccc(F)c(CO)c1)NCCCN1CCCCCC1=O. The second-order valence-electron chi connectivity index (χ2n) is 6.75. The largest absolute Gasteiger partial charge is 0.392 e. The number of hydrogen-bond acceptors (Lipinski definition) is 3. The number of nitrogens with zero attached hydrogens (tertiary/aromatic N) is 2. The van der Waals surface area contributed by atoms with E-state index in [1.807, 2.05) is 11.8 Å². The summed E-state index contributed by atoms with van der Waals surface area (Å²) in [7, 11) is 0. The van der Waals surface area contributed by atoms with Crippen molar-refractivity contribution >= 4 is 11.9 Å². The number of carbonyl (C=O) groups excluding carboxylic acids is 1. The Kier molecular flexibility index (Phi) is 9.04. The first-order chi connectivity index (χ1) is 13.1. The molecule has 2 rings (SSSR count).